The maximum absolute atomic E-state index is 13.0. The molecule has 1 unspecified atom stereocenters. The molecule has 1 atom stereocenters. The summed E-state index contributed by atoms with van der Waals surface area (Å²) < 4.78 is 5.36. The lowest BCUT2D eigenvalue weighted by Gasteiger charge is -2.21. The number of hydrogen-bond acceptors (Lipinski definition) is 4. The summed E-state index contributed by atoms with van der Waals surface area (Å²) in [6, 6.07) is 22.3. The van der Waals surface area contributed by atoms with E-state index >= 15 is 0 Å². The van der Waals surface area contributed by atoms with Gasteiger partial charge in [0.2, 0.25) is 0 Å². The Kier molecular flexibility index (Phi) is 8.79. The van der Waals surface area contributed by atoms with Gasteiger partial charge < -0.3 is 15.4 Å². The Morgan fingerprint density at radius 2 is 1.29 bits per heavy atom. The van der Waals surface area contributed by atoms with Gasteiger partial charge in [0.1, 0.15) is 0 Å². The highest BCUT2D eigenvalue weighted by atomic mass is 16.5. The summed E-state index contributed by atoms with van der Waals surface area (Å²) in [5.41, 5.74) is 3.79. The number of para-hydroxylation sites is 1. The lowest BCUT2D eigenvalue weighted by molar-refractivity contribution is -0.149. The first-order valence-electron chi connectivity index (χ1n) is 11.8. The van der Waals surface area contributed by atoms with E-state index in [0.717, 1.165) is 16.8 Å². The van der Waals surface area contributed by atoms with Crippen LogP contribution in [0.3, 0.4) is 0 Å². The molecule has 0 saturated heterocycles. The fourth-order valence-corrected chi connectivity index (χ4v) is 3.82. The lowest BCUT2D eigenvalue weighted by Crippen LogP contribution is -2.36. The predicted molar refractivity (Wildman–Crippen MR) is 137 cm³/mol. The van der Waals surface area contributed by atoms with Crippen LogP contribution in [0.5, 0.6) is 0 Å². The first kappa shape index (κ1) is 25.7. The molecule has 2 N–H and O–H groups in total. The van der Waals surface area contributed by atoms with Gasteiger partial charge in [0.15, 0.2) is 12.6 Å². The SMILES string of the molecule is CC(C)c1cccc(C(C)C)c1NC(=O)COC(=O)C(NC(=O)c1ccccc1)c1ccccc1. The topological polar surface area (TPSA) is 84.5 Å². The van der Waals surface area contributed by atoms with Crippen LogP contribution in [0.25, 0.3) is 0 Å². The molecule has 3 rings (SSSR count). The lowest BCUT2D eigenvalue weighted by atomic mass is 9.92. The maximum atomic E-state index is 13.0. The van der Waals surface area contributed by atoms with Crippen molar-refractivity contribution < 1.29 is 19.1 Å². The van der Waals surface area contributed by atoms with Gasteiger partial charge in [0.05, 0.1) is 0 Å². The minimum atomic E-state index is -1.05. The molecule has 3 aromatic carbocycles. The molecule has 0 saturated carbocycles. The quantitative estimate of drug-likeness (QED) is 0.398. The summed E-state index contributed by atoms with van der Waals surface area (Å²) in [5, 5.41) is 5.66. The van der Waals surface area contributed by atoms with E-state index in [2.05, 4.69) is 38.3 Å². The highest BCUT2D eigenvalue weighted by Gasteiger charge is 2.26. The first-order valence-corrected chi connectivity index (χ1v) is 11.8. The Hall–Kier alpha value is -3.93. The van der Waals surface area contributed by atoms with E-state index in [4.69, 9.17) is 4.74 Å². The minimum Gasteiger partial charge on any atom is -0.454 e. The molecule has 6 nitrogen and oxygen atoms in total. The molecule has 35 heavy (non-hydrogen) atoms. The zero-order chi connectivity index (χ0) is 25.4. The molecular formula is C29H32N2O4. The Labute approximate surface area is 206 Å². The Bertz CT molecular complexity index is 1130. The average molecular weight is 473 g/mol. The van der Waals surface area contributed by atoms with Gasteiger partial charge in [-0.05, 0) is 40.7 Å². The molecule has 0 aliphatic heterocycles. The van der Waals surface area contributed by atoms with Crippen LogP contribution in [-0.2, 0) is 14.3 Å². The fraction of sp³-hybridized carbons (Fsp3) is 0.276. The van der Waals surface area contributed by atoms with Crippen LogP contribution in [0, 0.1) is 0 Å². The van der Waals surface area contributed by atoms with Gasteiger partial charge in [-0.15, -0.1) is 0 Å². The smallest absolute Gasteiger partial charge is 0.333 e. The van der Waals surface area contributed by atoms with Crippen molar-refractivity contribution in [2.45, 2.75) is 45.6 Å². The number of ether oxygens (including phenoxy) is 1. The van der Waals surface area contributed by atoms with Crippen LogP contribution >= 0.6 is 0 Å². The van der Waals surface area contributed by atoms with Crippen molar-refractivity contribution in [3.8, 4) is 0 Å². The summed E-state index contributed by atoms with van der Waals surface area (Å²) >= 11 is 0. The van der Waals surface area contributed by atoms with Crippen LogP contribution in [-0.4, -0.2) is 24.4 Å². The highest BCUT2D eigenvalue weighted by molar-refractivity contribution is 5.98. The van der Waals surface area contributed by atoms with E-state index in [-0.39, 0.29) is 11.8 Å². The summed E-state index contributed by atoms with van der Waals surface area (Å²) in [5.74, 6) is -1.14. The predicted octanol–water partition coefficient (Wildman–Crippen LogP) is 5.59. The van der Waals surface area contributed by atoms with Gasteiger partial charge in [0, 0.05) is 11.3 Å². The number of carbonyl (C=O) groups is 3. The van der Waals surface area contributed by atoms with Crippen molar-refractivity contribution in [3.05, 3.63) is 101 Å². The summed E-state index contributed by atoms with van der Waals surface area (Å²) in [6.07, 6.45) is 0. The van der Waals surface area contributed by atoms with E-state index in [1.165, 1.54) is 0 Å². The standard InChI is InChI=1S/C29H32N2O4/c1-19(2)23-16-11-17-24(20(3)4)27(23)30-25(32)18-35-29(34)26(21-12-7-5-8-13-21)31-28(33)22-14-9-6-10-15-22/h5-17,19-20,26H,18H2,1-4H3,(H,30,32)(H,31,33). The Balaban J connectivity index is 1.73. The number of carbonyl (C=O) groups excluding carboxylic acids is 3. The number of anilines is 1. The molecule has 0 spiro atoms. The van der Waals surface area contributed by atoms with Crippen LogP contribution in [0.15, 0.2) is 78.9 Å². The minimum absolute atomic E-state index is 0.210. The normalized spacial score (nSPS) is 11.7. The van der Waals surface area contributed by atoms with Gasteiger partial charge in [-0.25, -0.2) is 4.79 Å². The molecular weight excluding hydrogens is 440 g/mol. The van der Waals surface area contributed by atoms with Gasteiger partial charge in [-0.2, -0.15) is 0 Å². The third kappa shape index (κ3) is 6.79. The number of hydrogen-bond donors (Lipinski definition) is 2. The molecule has 0 radical (unpaired) electrons. The van der Waals surface area contributed by atoms with Crippen molar-refractivity contribution in [1.82, 2.24) is 5.32 Å². The van der Waals surface area contributed by atoms with Crippen molar-refractivity contribution in [1.29, 1.82) is 0 Å². The second-order valence-corrected chi connectivity index (χ2v) is 8.96. The highest BCUT2D eigenvalue weighted by Crippen LogP contribution is 2.32. The molecule has 182 valence electrons. The van der Waals surface area contributed by atoms with Crippen LogP contribution in [0.1, 0.15) is 72.6 Å². The summed E-state index contributed by atoms with van der Waals surface area (Å²) in [4.78, 5) is 38.5. The molecule has 0 heterocycles. The van der Waals surface area contributed by atoms with E-state index in [1.54, 1.807) is 54.6 Å². The summed E-state index contributed by atoms with van der Waals surface area (Å²) in [6.45, 7) is 7.79. The van der Waals surface area contributed by atoms with Gasteiger partial charge in [-0.3, -0.25) is 9.59 Å². The fourth-order valence-electron chi connectivity index (χ4n) is 3.82. The number of nitrogens with one attached hydrogen (secondary N) is 2. The summed E-state index contributed by atoms with van der Waals surface area (Å²) in [7, 11) is 0. The molecule has 6 heteroatoms. The van der Waals surface area contributed by atoms with Crippen molar-refractivity contribution in [3.63, 3.8) is 0 Å². The van der Waals surface area contributed by atoms with Crippen LogP contribution < -0.4 is 10.6 Å². The molecule has 0 aliphatic carbocycles. The van der Waals surface area contributed by atoms with Crippen molar-refractivity contribution in [2.24, 2.45) is 0 Å². The first-order chi connectivity index (χ1) is 16.8. The Morgan fingerprint density at radius 1 is 0.743 bits per heavy atom. The van der Waals surface area contributed by atoms with Crippen LogP contribution in [0.2, 0.25) is 0 Å². The molecule has 3 aromatic rings. The number of rotatable bonds is 9. The average Bonchev–Trinajstić information content (AvgIpc) is 2.86. The van der Waals surface area contributed by atoms with Gasteiger partial charge >= 0.3 is 5.97 Å². The van der Waals surface area contributed by atoms with E-state index in [0.29, 0.717) is 11.1 Å². The van der Waals surface area contributed by atoms with Crippen molar-refractivity contribution >= 4 is 23.5 Å². The zero-order valence-electron chi connectivity index (χ0n) is 20.6. The zero-order valence-corrected chi connectivity index (χ0v) is 20.6. The second kappa shape index (κ2) is 12.0. The van der Waals surface area contributed by atoms with E-state index in [1.807, 2.05) is 24.3 Å². The molecule has 0 bridgehead atoms. The number of benzene rings is 3. The van der Waals surface area contributed by atoms with E-state index < -0.39 is 30.4 Å². The second-order valence-electron chi connectivity index (χ2n) is 8.96. The number of esters is 1. The third-order valence-electron chi connectivity index (χ3n) is 5.66. The third-order valence-corrected chi connectivity index (χ3v) is 5.66. The van der Waals surface area contributed by atoms with Gasteiger partial charge in [-0.1, -0.05) is 94.4 Å². The molecule has 0 aliphatic rings. The van der Waals surface area contributed by atoms with Crippen molar-refractivity contribution in [2.75, 3.05) is 11.9 Å². The van der Waals surface area contributed by atoms with E-state index in [9.17, 15) is 14.4 Å². The molecule has 0 aromatic heterocycles. The largest absolute Gasteiger partial charge is 0.454 e. The Morgan fingerprint density at radius 3 is 1.83 bits per heavy atom. The number of amides is 2. The van der Waals surface area contributed by atoms with Crippen LogP contribution in [0.4, 0.5) is 5.69 Å². The monoisotopic (exact) mass is 472 g/mol. The molecule has 2 amide bonds. The molecule has 0 fully saturated rings. The van der Waals surface area contributed by atoms with Gasteiger partial charge in [0.25, 0.3) is 11.8 Å². The maximum Gasteiger partial charge on any atom is 0.333 e.